The third-order valence-corrected chi connectivity index (χ3v) is 5.09. The zero-order valence-electron chi connectivity index (χ0n) is 15.2. The summed E-state index contributed by atoms with van der Waals surface area (Å²) < 4.78 is 29.5. The van der Waals surface area contributed by atoms with E-state index in [0.717, 1.165) is 0 Å². The van der Waals surface area contributed by atoms with Crippen LogP contribution in [0.3, 0.4) is 0 Å². The summed E-state index contributed by atoms with van der Waals surface area (Å²) in [5, 5.41) is 4.40. The highest BCUT2D eigenvalue weighted by atomic mass is 32.2. The Labute approximate surface area is 135 Å². The molecule has 0 saturated carbocycles. The van der Waals surface area contributed by atoms with Gasteiger partial charge in [0.1, 0.15) is 4.90 Å². The first kappa shape index (κ1) is 19.2. The maximum Gasteiger partial charge on any atom is 0.246 e. The topological polar surface area (TPSA) is 55.2 Å². The predicted octanol–water partition coefficient (Wildman–Crippen LogP) is 3.02. The third kappa shape index (κ3) is 4.56. The van der Waals surface area contributed by atoms with Crippen LogP contribution in [-0.2, 0) is 22.5 Å². The van der Waals surface area contributed by atoms with Gasteiger partial charge in [-0.3, -0.25) is 4.68 Å². The average Bonchev–Trinajstić information content (AvgIpc) is 2.69. The smallest absolute Gasteiger partial charge is 0.246 e. The predicted molar refractivity (Wildman–Crippen MR) is 90.3 cm³/mol. The normalized spacial score (nSPS) is 13.6. The summed E-state index contributed by atoms with van der Waals surface area (Å²) in [6.45, 7) is 15.2. The minimum atomic E-state index is -3.53. The zero-order chi connectivity index (χ0) is 17.3. The fourth-order valence-electron chi connectivity index (χ4n) is 2.40. The Hall–Kier alpha value is -0.880. The molecule has 0 amide bonds. The monoisotopic (exact) mass is 329 g/mol. The number of aryl methyl sites for hydroxylation is 1. The van der Waals surface area contributed by atoms with Gasteiger partial charge in [0.05, 0.1) is 5.69 Å². The van der Waals surface area contributed by atoms with Crippen LogP contribution >= 0.6 is 0 Å². The molecule has 0 atom stereocenters. The van der Waals surface area contributed by atoms with E-state index in [1.807, 2.05) is 48.5 Å². The van der Waals surface area contributed by atoms with Crippen LogP contribution in [-0.4, -0.2) is 35.6 Å². The minimum absolute atomic E-state index is 0.281. The number of hydrogen-bond donors (Lipinski definition) is 0. The molecule has 0 N–H and O–H groups in total. The van der Waals surface area contributed by atoms with Crippen molar-refractivity contribution < 1.29 is 8.42 Å². The third-order valence-electron chi connectivity index (χ3n) is 3.26. The molecule has 1 heterocycles. The summed E-state index contributed by atoms with van der Waals surface area (Å²) in [6.07, 6.45) is 1.63. The van der Waals surface area contributed by atoms with Crippen LogP contribution in [0.1, 0.15) is 54.2 Å². The molecule has 1 rings (SSSR count). The summed E-state index contributed by atoms with van der Waals surface area (Å²) in [4.78, 5) is 0.337. The molecular formula is C16H31N3O2S. The van der Waals surface area contributed by atoms with Gasteiger partial charge in [0.25, 0.3) is 0 Å². The van der Waals surface area contributed by atoms with Crippen LogP contribution in [0.15, 0.2) is 11.1 Å². The molecular weight excluding hydrogens is 298 g/mol. The average molecular weight is 330 g/mol. The summed E-state index contributed by atoms with van der Waals surface area (Å²) in [7, 11) is -1.77. The Kier molecular flexibility index (Phi) is 5.84. The highest BCUT2D eigenvalue weighted by molar-refractivity contribution is 7.89. The van der Waals surface area contributed by atoms with Gasteiger partial charge in [-0.1, -0.05) is 48.5 Å². The molecule has 1 aromatic rings. The fourth-order valence-corrected chi connectivity index (χ4v) is 4.54. The number of sulfonamides is 1. The highest BCUT2D eigenvalue weighted by Crippen LogP contribution is 2.30. The summed E-state index contributed by atoms with van der Waals surface area (Å²) in [5.74, 6) is 0.562. The van der Waals surface area contributed by atoms with E-state index in [4.69, 9.17) is 0 Å². The lowest BCUT2D eigenvalue weighted by molar-refractivity contribution is 0.332. The number of rotatable bonds is 6. The van der Waals surface area contributed by atoms with Crippen molar-refractivity contribution in [3.8, 4) is 0 Å². The molecule has 0 aliphatic carbocycles. The van der Waals surface area contributed by atoms with Crippen molar-refractivity contribution in [3.63, 3.8) is 0 Å². The fraction of sp³-hybridized carbons (Fsp3) is 0.812. The second-order valence-electron chi connectivity index (χ2n) is 7.88. The first-order valence-corrected chi connectivity index (χ1v) is 9.34. The molecule has 0 aliphatic heterocycles. The van der Waals surface area contributed by atoms with Crippen molar-refractivity contribution >= 4 is 10.0 Å². The van der Waals surface area contributed by atoms with E-state index < -0.39 is 10.0 Å². The second-order valence-corrected chi connectivity index (χ2v) is 9.78. The lowest BCUT2D eigenvalue weighted by Gasteiger charge is -2.27. The Bertz CT molecular complexity index is 585. The maximum absolute atomic E-state index is 13.2. The van der Waals surface area contributed by atoms with Crippen molar-refractivity contribution in [1.82, 2.24) is 14.1 Å². The van der Waals surface area contributed by atoms with Crippen molar-refractivity contribution in [2.24, 2.45) is 18.9 Å². The van der Waals surface area contributed by atoms with Crippen molar-refractivity contribution in [1.29, 1.82) is 0 Å². The number of aromatic nitrogens is 2. The summed E-state index contributed by atoms with van der Waals surface area (Å²) in [6, 6.07) is 0. The maximum atomic E-state index is 13.2. The standard InChI is InChI=1S/C16H31N3O2S/c1-12(2)9-19(10-13(3)4)22(20,21)14-11-18(8)17-15(14)16(5,6)7/h11-13H,9-10H2,1-8H3. The molecule has 0 aliphatic rings. The minimum Gasteiger partial charge on any atom is -0.274 e. The van der Waals surface area contributed by atoms with Crippen molar-refractivity contribution in [2.45, 2.75) is 58.8 Å². The Morgan fingerprint density at radius 1 is 1.14 bits per heavy atom. The molecule has 5 nitrogen and oxygen atoms in total. The van der Waals surface area contributed by atoms with Crippen molar-refractivity contribution in [2.75, 3.05) is 13.1 Å². The Morgan fingerprint density at radius 3 is 1.95 bits per heavy atom. The van der Waals surface area contributed by atoms with E-state index >= 15 is 0 Å². The van der Waals surface area contributed by atoms with Gasteiger partial charge >= 0.3 is 0 Å². The van der Waals surface area contributed by atoms with Gasteiger partial charge in [0, 0.05) is 31.7 Å². The molecule has 0 bridgehead atoms. The molecule has 0 saturated heterocycles. The van der Waals surface area contributed by atoms with Crippen LogP contribution in [0.4, 0.5) is 0 Å². The van der Waals surface area contributed by atoms with E-state index in [1.165, 1.54) is 0 Å². The first-order valence-electron chi connectivity index (χ1n) is 7.90. The molecule has 0 radical (unpaired) electrons. The van der Waals surface area contributed by atoms with E-state index in [-0.39, 0.29) is 17.3 Å². The molecule has 128 valence electrons. The van der Waals surface area contributed by atoms with Gasteiger partial charge in [0.2, 0.25) is 10.0 Å². The molecule has 0 fully saturated rings. The van der Waals surface area contributed by atoms with Crippen molar-refractivity contribution in [3.05, 3.63) is 11.9 Å². The lowest BCUT2D eigenvalue weighted by Crippen LogP contribution is -2.37. The Balaban J connectivity index is 3.37. The quantitative estimate of drug-likeness (QED) is 0.806. The lowest BCUT2D eigenvalue weighted by atomic mass is 9.92. The van der Waals surface area contributed by atoms with Gasteiger partial charge in [0.15, 0.2) is 0 Å². The van der Waals surface area contributed by atoms with Crippen LogP contribution < -0.4 is 0 Å². The molecule has 22 heavy (non-hydrogen) atoms. The van der Waals surface area contributed by atoms with Crippen LogP contribution in [0.2, 0.25) is 0 Å². The molecule has 0 spiro atoms. The van der Waals surface area contributed by atoms with Gasteiger partial charge in [-0.05, 0) is 11.8 Å². The van der Waals surface area contributed by atoms with E-state index in [1.54, 1.807) is 22.2 Å². The van der Waals surface area contributed by atoms with E-state index in [0.29, 0.717) is 23.7 Å². The summed E-state index contributed by atoms with van der Waals surface area (Å²) >= 11 is 0. The van der Waals surface area contributed by atoms with Crippen LogP contribution in [0.5, 0.6) is 0 Å². The largest absolute Gasteiger partial charge is 0.274 e. The zero-order valence-corrected chi connectivity index (χ0v) is 16.0. The van der Waals surface area contributed by atoms with Crippen LogP contribution in [0, 0.1) is 11.8 Å². The Morgan fingerprint density at radius 2 is 1.59 bits per heavy atom. The molecule has 0 aromatic carbocycles. The van der Waals surface area contributed by atoms with Gasteiger partial charge in [-0.2, -0.15) is 9.40 Å². The SMILES string of the molecule is CC(C)CN(CC(C)C)S(=O)(=O)c1cn(C)nc1C(C)(C)C. The molecule has 0 unspecified atom stereocenters. The van der Waals surface area contributed by atoms with E-state index in [2.05, 4.69) is 5.10 Å². The highest BCUT2D eigenvalue weighted by Gasteiger charge is 2.34. The summed E-state index contributed by atoms with van der Waals surface area (Å²) in [5.41, 5.74) is 0.317. The first-order chi connectivity index (χ1) is 9.85. The molecule has 6 heteroatoms. The van der Waals surface area contributed by atoms with E-state index in [9.17, 15) is 8.42 Å². The van der Waals surface area contributed by atoms with Gasteiger partial charge in [-0.25, -0.2) is 8.42 Å². The second kappa shape index (κ2) is 6.71. The number of nitrogens with zero attached hydrogens (tertiary/aromatic N) is 3. The molecule has 1 aromatic heterocycles. The van der Waals surface area contributed by atoms with Crippen LogP contribution in [0.25, 0.3) is 0 Å². The number of hydrogen-bond acceptors (Lipinski definition) is 3. The van der Waals surface area contributed by atoms with Gasteiger partial charge < -0.3 is 0 Å². The van der Waals surface area contributed by atoms with Gasteiger partial charge in [-0.15, -0.1) is 0 Å².